The highest BCUT2D eigenvalue weighted by molar-refractivity contribution is 5.64. The number of nitrogens with one attached hydrogen (secondary N) is 2. The van der Waals surface area contributed by atoms with E-state index in [0.717, 1.165) is 24.2 Å². The van der Waals surface area contributed by atoms with E-state index in [4.69, 9.17) is 4.74 Å². The Kier molecular flexibility index (Phi) is 9.80. The fraction of sp³-hybridized carbons (Fsp3) is 0.483. The van der Waals surface area contributed by atoms with Crippen molar-refractivity contribution in [3.8, 4) is 16.9 Å². The molecular weight excluding hydrogens is 521 g/mol. The van der Waals surface area contributed by atoms with Gasteiger partial charge in [0, 0.05) is 44.7 Å². The van der Waals surface area contributed by atoms with Gasteiger partial charge in [0.15, 0.2) is 0 Å². The van der Waals surface area contributed by atoms with Gasteiger partial charge in [0.1, 0.15) is 12.0 Å². The van der Waals surface area contributed by atoms with Gasteiger partial charge in [0.25, 0.3) is 0 Å². The van der Waals surface area contributed by atoms with E-state index < -0.39 is 18.2 Å². The normalized spacial score (nSPS) is 19.9. The Bertz CT molecular complexity index is 1300. The quantitative estimate of drug-likeness (QED) is 0.296. The number of nitrogens with zero attached hydrogens (tertiary/aromatic N) is 4. The summed E-state index contributed by atoms with van der Waals surface area (Å²) in [5, 5.41) is 5.82. The number of benzene rings is 1. The molecule has 0 bridgehead atoms. The molecule has 1 aliphatic heterocycles. The summed E-state index contributed by atoms with van der Waals surface area (Å²) in [5.41, 5.74) is 3.14. The van der Waals surface area contributed by atoms with E-state index in [0.29, 0.717) is 42.5 Å². The Balaban J connectivity index is 0.000000546. The summed E-state index contributed by atoms with van der Waals surface area (Å²) < 4.78 is 50.3. The summed E-state index contributed by atoms with van der Waals surface area (Å²) in [5.74, 6) is -0.941. The number of pyridine rings is 1. The van der Waals surface area contributed by atoms with Crippen LogP contribution in [0.1, 0.15) is 37.3 Å². The van der Waals surface area contributed by atoms with E-state index in [1.807, 2.05) is 6.92 Å². The molecule has 3 aromatic rings. The summed E-state index contributed by atoms with van der Waals surface area (Å²) in [6.07, 6.45) is 7.31. The molecule has 3 unspecified atom stereocenters. The third kappa shape index (κ3) is 7.60. The highest BCUT2D eigenvalue weighted by Gasteiger charge is 2.30. The number of piperidine rings is 1. The number of carbonyl (C=O) groups excluding carboxylic acids is 1. The van der Waals surface area contributed by atoms with Crippen LogP contribution in [0.25, 0.3) is 16.9 Å². The van der Waals surface area contributed by atoms with Gasteiger partial charge < -0.3 is 19.9 Å². The number of amides is 1. The zero-order valence-electron chi connectivity index (χ0n) is 23.3. The van der Waals surface area contributed by atoms with E-state index in [9.17, 15) is 18.0 Å². The molecule has 3 atom stereocenters. The number of methoxy groups -OCH3 is 1. The van der Waals surface area contributed by atoms with Crippen LogP contribution in [0.3, 0.4) is 0 Å². The van der Waals surface area contributed by atoms with Gasteiger partial charge in [-0.2, -0.15) is 4.39 Å². The second-order valence-corrected chi connectivity index (χ2v) is 10.5. The minimum atomic E-state index is -1.07. The Morgan fingerprint density at radius 1 is 1.15 bits per heavy atom. The number of anilines is 1. The molecule has 40 heavy (non-hydrogen) atoms. The van der Waals surface area contributed by atoms with Crippen LogP contribution in [0.15, 0.2) is 36.9 Å². The fourth-order valence-electron chi connectivity index (χ4n) is 4.64. The molecule has 1 saturated heterocycles. The Morgan fingerprint density at radius 2 is 1.93 bits per heavy atom. The van der Waals surface area contributed by atoms with E-state index in [1.165, 1.54) is 25.1 Å². The molecule has 1 aromatic carbocycles. The lowest BCUT2D eigenvalue weighted by molar-refractivity contribution is -0.109. The highest BCUT2D eigenvalue weighted by atomic mass is 19.1. The van der Waals surface area contributed by atoms with Crippen molar-refractivity contribution in [1.29, 1.82) is 0 Å². The molecular formula is C29H37F3N6O2. The van der Waals surface area contributed by atoms with E-state index in [1.54, 1.807) is 50.2 Å². The number of hydrogen-bond acceptors (Lipinski definition) is 6. The molecule has 2 aliphatic rings. The number of ether oxygens (including phenoxy) is 1. The monoisotopic (exact) mass is 558 g/mol. The molecule has 2 fully saturated rings. The maximum Gasteiger partial charge on any atom is 0.222 e. The predicted octanol–water partition coefficient (Wildman–Crippen LogP) is 4.58. The topological polar surface area (TPSA) is 84.3 Å². The van der Waals surface area contributed by atoms with Crippen LogP contribution in [0, 0.1) is 25.6 Å². The number of halogens is 3. The predicted molar refractivity (Wildman–Crippen MR) is 148 cm³/mol. The number of imidazole rings is 1. The number of alkyl halides is 1. The molecule has 1 amide bonds. The summed E-state index contributed by atoms with van der Waals surface area (Å²) in [6.45, 7) is 7.20. The smallest absolute Gasteiger partial charge is 0.222 e. The van der Waals surface area contributed by atoms with Crippen molar-refractivity contribution in [2.75, 3.05) is 32.1 Å². The lowest BCUT2D eigenvalue weighted by Crippen LogP contribution is -2.49. The first-order valence-electron chi connectivity index (χ1n) is 13.5. The third-order valence-electron chi connectivity index (χ3n) is 7.23. The number of rotatable bonds is 9. The molecule has 11 heteroatoms. The summed E-state index contributed by atoms with van der Waals surface area (Å²) >= 11 is 0. The van der Waals surface area contributed by atoms with Gasteiger partial charge >= 0.3 is 0 Å². The molecule has 2 aromatic heterocycles. The largest absolute Gasteiger partial charge is 0.380 e. The number of hydrogen-bond donors (Lipinski definition) is 2. The molecule has 0 radical (unpaired) electrons. The summed E-state index contributed by atoms with van der Waals surface area (Å²) in [4.78, 5) is 19.8. The van der Waals surface area contributed by atoms with E-state index in [2.05, 4.69) is 25.5 Å². The van der Waals surface area contributed by atoms with Crippen LogP contribution in [0.4, 0.5) is 18.9 Å². The van der Waals surface area contributed by atoms with Crippen LogP contribution in [0.5, 0.6) is 0 Å². The van der Waals surface area contributed by atoms with Crippen molar-refractivity contribution in [1.82, 2.24) is 24.8 Å². The van der Waals surface area contributed by atoms with Gasteiger partial charge in [0.05, 0.1) is 41.6 Å². The van der Waals surface area contributed by atoms with Crippen LogP contribution < -0.4 is 10.6 Å². The molecule has 8 nitrogen and oxygen atoms in total. The second kappa shape index (κ2) is 13.3. The van der Waals surface area contributed by atoms with Gasteiger partial charge in [-0.15, -0.1) is 0 Å². The van der Waals surface area contributed by atoms with Crippen molar-refractivity contribution in [3.05, 3.63) is 59.8 Å². The van der Waals surface area contributed by atoms with Crippen LogP contribution in [0.2, 0.25) is 0 Å². The van der Waals surface area contributed by atoms with Gasteiger partial charge in [-0.05, 0) is 69.4 Å². The fourth-order valence-corrected chi connectivity index (χ4v) is 4.64. The lowest BCUT2D eigenvalue weighted by Gasteiger charge is -2.36. The van der Waals surface area contributed by atoms with E-state index in [-0.39, 0.29) is 17.5 Å². The Labute approximate surface area is 233 Å². The maximum atomic E-state index is 14.8. The molecule has 2 N–H and O–H groups in total. The van der Waals surface area contributed by atoms with Crippen LogP contribution >= 0.6 is 0 Å². The first-order valence-corrected chi connectivity index (χ1v) is 13.5. The molecule has 5 rings (SSSR count). The lowest BCUT2D eigenvalue weighted by atomic mass is 10.0. The molecule has 1 saturated carbocycles. The number of carbonyl (C=O) groups is 1. The maximum absolute atomic E-state index is 14.8. The Hall–Kier alpha value is -3.44. The zero-order valence-corrected chi connectivity index (χ0v) is 23.3. The average molecular weight is 559 g/mol. The van der Waals surface area contributed by atoms with Crippen molar-refractivity contribution in [3.63, 3.8) is 0 Å². The minimum absolute atomic E-state index is 0.0444. The second-order valence-electron chi connectivity index (χ2n) is 10.5. The minimum Gasteiger partial charge on any atom is -0.380 e. The third-order valence-corrected chi connectivity index (χ3v) is 7.23. The number of aromatic nitrogens is 3. The Morgan fingerprint density at radius 3 is 2.58 bits per heavy atom. The van der Waals surface area contributed by atoms with Gasteiger partial charge in [-0.25, -0.2) is 18.7 Å². The van der Waals surface area contributed by atoms with E-state index >= 15 is 0 Å². The molecule has 0 spiro atoms. The summed E-state index contributed by atoms with van der Waals surface area (Å²) in [6, 6.07) is 4.93. The molecule has 216 valence electrons. The van der Waals surface area contributed by atoms with Crippen molar-refractivity contribution in [2.24, 2.45) is 0 Å². The van der Waals surface area contributed by atoms with Crippen molar-refractivity contribution in [2.45, 2.75) is 64.4 Å². The van der Waals surface area contributed by atoms with Crippen LogP contribution in [-0.2, 0) is 9.53 Å². The zero-order chi connectivity index (χ0) is 28.8. The molecule has 3 heterocycles. The van der Waals surface area contributed by atoms with Gasteiger partial charge in [-0.3, -0.25) is 9.69 Å². The number of aryl methyl sites for hydroxylation is 2. The van der Waals surface area contributed by atoms with Gasteiger partial charge in [0.2, 0.25) is 12.4 Å². The van der Waals surface area contributed by atoms with Crippen molar-refractivity contribution < 1.29 is 22.7 Å². The first-order chi connectivity index (χ1) is 19.2. The average Bonchev–Trinajstić information content (AvgIpc) is 3.62. The van der Waals surface area contributed by atoms with Gasteiger partial charge in [-0.1, -0.05) is 0 Å². The van der Waals surface area contributed by atoms with Crippen molar-refractivity contribution >= 4 is 12.1 Å². The summed E-state index contributed by atoms with van der Waals surface area (Å²) in [7, 11) is 1.65. The highest BCUT2D eigenvalue weighted by Crippen LogP contribution is 2.27. The van der Waals surface area contributed by atoms with Crippen LogP contribution in [-0.4, -0.2) is 76.9 Å². The molecule has 1 aliphatic carbocycles. The number of likely N-dealkylation sites (tertiary alicyclic amines) is 1. The first kappa shape index (κ1) is 29.5. The SMILES string of the molecule is COC(C)CN1CCC(Nc2cnc(F)c(-c3cn(-c4cc(C)c(F)cc4C)cn3)c2)C(F)C1.O=CNC1CC1. The standard InChI is InChI=1S/C25H30F3N5O.C4H7NO/c1-15-8-24(16(2)7-20(15)26)33-13-23(30-14-33)19-9-18(10-29-25(19)28)31-22-5-6-32(12-21(22)27)11-17(3)34-4;6-3-5-4-1-2-4/h7-10,13-14,17,21-22,31H,5-6,11-12H2,1-4H3;3-4H,1-2H2,(H,5,6).